The van der Waals surface area contributed by atoms with Gasteiger partial charge in [-0.15, -0.1) is 12.4 Å². The van der Waals surface area contributed by atoms with Crippen molar-refractivity contribution in [2.45, 2.75) is 255 Å². The van der Waals surface area contributed by atoms with Crippen molar-refractivity contribution in [1.82, 2.24) is 64.6 Å². The third-order valence-corrected chi connectivity index (χ3v) is 29.9. The Balaban J connectivity index is 0.000000143. The molecule has 0 radical (unpaired) electrons. The number of nitrogens with two attached hydrogens (primary N) is 3. The zero-order valence-electron chi connectivity index (χ0n) is 74.6. The summed E-state index contributed by atoms with van der Waals surface area (Å²) in [6.45, 7) is 36.2. The van der Waals surface area contributed by atoms with Crippen molar-refractivity contribution in [2.75, 3.05) is 76.1 Å². The summed E-state index contributed by atoms with van der Waals surface area (Å²) in [5.74, 6) is 1.35. The molecule has 0 saturated carbocycles. The van der Waals surface area contributed by atoms with Crippen LogP contribution in [0, 0.1) is 27.1 Å². The van der Waals surface area contributed by atoms with E-state index in [1.54, 1.807) is 39.5 Å². The Kier molecular flexibility index (Phi) is 29.1. The standard InChI is InChI=1S/C21H22ClN7S.C21H33N3O3S.C21H31N3O3S.C17H22N2O3.C12H17N3.ClH/c22-17-14(3-7-26-20(17)24)30-16-12-27-15(11-28-16)29-8-4-21(5-9-29)10-13-2-1-6-25-18(13)19(21)23;2*1-19(2,3)27-18(25)24-12-9-21(10-13-24)14-15-8-7-11-22-16(15)17(21)23-28(26)20(4,5)6;1-16(2,3)22-15(21)19-9-6-17(7-10-19)11-12-5-4-8-18-13(12)14(17)20;13-11-10-9(2-1-5-15-10)8-12(11)3-6-14-7-4-12;/h1-3,6-7,11-12,19H,4-5,8-10,23H2,(H2,24,26);7-8,11,17,23H,9-10,12-14H2,1-6H3;7-8,11H,9-10,12-14H2,1-6H3;4-5,8H,6-7,9-11H2,1-3H3;1-2,5,11,14H,3-4,6-8,13H2;1H/t19-;17-,28-;28-;;11-;/m111.1./s1. The molecule has 0 aromatic carbocycles. The molecule has 3 amide bonds. The van der Waals surface area contributed by atoms with Crippen LogP contribution in [0.2, 0.25) is 5.02 Å². The molecular formula is C92H126Cl2N18O9S3. The summed E-state index contributed by atoms with van der Waals surface area (Å²) in [4.78, 5) is 93.6. The van der Waals surface area contributed by atoms with E-state index in [4.69, 9.17) is 43.0 Å². The van der Waals surface area contributed by atoms with Crippen molar-refractivity contribution in [3.05, 3.63) is 178 Å². The average molecular weight is 1800 g/mol. The molecule has 5 aliphatic carbocycles. The lowest BCUT2D eigenvalue weighted by Crippen LogP contribution is -2.50. The second-order valence-corrected chi connectivity index (χ2v) is 45.0. The molecule has 670 valence electrons. The van der Waals surface area contributed by atoms with E-state index in [1.165, 1.54) is 41.3 Å². The van der Waals surface area contributed by atoms with E-state index in [1.807, 2.05) is 171 Å². The number of nitrogens with zero attached hydrogens (tertiary/aromatic N) is 13. The predicted octanol–water partition coefficient (Wildman–Crippen LogP) is 15.4. The molecule has 0 bridgehead atoms. The van der Waals surface area contributed by atoms with E-state index in [9.17, 15) is 27.6 Å². The smallest absolute Gasteiger partial charge is 0.410 e. The van der Waals surface area contributed by atoms with Gasteiger partial charge in [0, 0.05) is 105 Å². The molecule has 124 heavy (non-hydrogen) atoms. The Morgan fingerprint density at radius 1 is 0.500 bits per heavy atom. The van der Waals surface area contributed by atoms with Gasteiger partial charge in [0.25, 0.3) is 0 Å². The van der Waals surface area contributed by atoms with Gasteiger partial charge in [0.1, 0.15) is 50.1 Å². The van der Waals surface area contributed by atoms with Crippen molar-refractivity contribution < 1.29 is 41.8 Å². The average Bonchev–Trinajstić information content (AvgIpc) is 1.52. The van der Waals surface area contributed by atoms with Crippen LogP contribution in [-0.2, 0) is 68.3 Å². The van der Waals surface area contributed by atoms with Crippen LogP contribution in [0.5, 0.6) is 0 Å². The maximum Gasteiger partial charge on any atom is 0.410 e. The summed E-state index contributed by atoms with van der Waals surface area (Å²) < 4.78 is 49.4. The molecule has 5 spiro atoms. The number of piperidine rings is 5. The maximum atomic E-state index is 12.9. The number of rotatable bonds is 6. The molecule has 10 aliphatic rings. The second-order valence-electron chi connectivity index (χ2n) is 39.7. The number of hydrogen-bond donors (Lipinski definition) is 5. The van der Waals surface area contributed by atoms with Crippen molar-refractivity contribution in [3.63, 3.8) is 0 Å². The first-order valence-corrected chi connectivity index (χ1v) is 46.7. The van der Waals surface area contributed by atoms with Crippen molar-refractivity contribution >= 4 is 99.2 Å². The SMILES string of the molecule is CC(C)(C)OC(=O)N1CCC2(CC1)Cc1cccnc1C2=N[S@](=O)C(C)(C)C.CC(C)(C)OC(=O)N1CCC2(CC1)Cc1cccnc1C2=O.CC(C)(C)OC(=O)N1CCC2(CC1)Cc1cccnc1[C@H]2N[S@](=O)C(C)(C)C.Cl.N[C@@H]1c2ncccc2CC12CCNCC2.Nc1nccc(Sc2cnc(N3CCC4(CC3)Cc3cccnc3[C@H]4N)cn2)c1Cl. The number of ether oxygens (including phenoxy) is 3. The van der Waals surface area contributed by atoms with Gasteiger partial charge in [0.15, 0.2) is 5.78 Å². The number of nitrogens with one attached hydrogen (secondary N) is 2. The molecule has 32 heteroatoms. The van der Waals surface area contributed by atoms with Gasteiger partial charge in [-0.3, -0.25) is 29.7 Å². The number of halogens is 2. The maximum absolute atomic E-state index is 12.9. The highest BCUT2D eigenvalue weighted by atomic mass is 35.5. The second kappa shape index (κ2) is 38.0. The topological polar surface area (TPSA) is 361 Å². The number of nitrogen functional groups attached to an aromatic ring is 1. The van der Waals surface area contributed by atoms with Crippen LogP contribution in [0.3, 0.4) is 0 Å². The monoisotopic (exact) mass is 1790 g/mol. The van der Waals surface area contributed by atoms with Crippen LogP contribution >= 0.6 is 35.8 Å². The van der Waals surface area contributed by atoms with E-state index in [-0.39, 0.29) is 81.0 Å². The third kappa shape index (κ3) is 21.6. The molecule has 7 aromatic heterocycles. The number of Topliss-reactive ketones (excluding diaryl/α,β-unsaturated/α-hetero) is 1. The van der Waals surface area contributed by atoms with E-state index < -0.39 is 43.5 Å². The number of hydrogen-bond acceptors (Lipinski definition) is 23. The molecular weight excluding hydrogens is 1670 g/mol. The summed E-state index contributed by atoms with van der Waals surface area (Å²) in [6, 6.07) is 22.2. The Labute approximate surface area is 751 Å². The van der Waals surface area contributed by atoms with Gasteiger partial charge in [-0.1, -0.05) is 53.7 Å². The number of carbonyl (C=O) groups excluding carboxylic acids is 4. The Morgan fingerprint density at radius 2 is 0.919 bits per heavy atom. The van der Waals surface area contributed by atoms with E-state index in [2.05, 4.69) is 83.5 Å². The van der Waals surface area contributed by atoms with Gasteiger partial charge in [-0.25, -0.2) is 42.5 Å². The third-order valence-electron chi connectivity index (χ3n) is 25.5. The van der Waals surface area contributed by atoms with E-state index in [0.29, 0.717) is 74.1 Å². The summed E-state index contributed by atoms with van der Waals surface area (Å²) in [5, 5.41) is 4.61. The molecule has 5 atom stereocenters. The van der Waals surface area contributed by atoms with Crippen LogP contribution in [0.15, 0.2) is 131 Å². The number of carbonyl (C=O) groups is 4. The van der Waals surface area contributed by atoms with Gasteiger partial charge in [-0.05, 0) is 294 Å². The Bertz CT molecular complexity index is 5050. The van der Waals surface area contributed by atoms with Crippen LogP contribution in [-0.4, -0.2) is 185 Å². The van der Waals surface area contributed by atoms with Crippen LogP contribution in [0.4, 0.5) is 26.0 Å². The van der Waals surface area contributed by atoms with E-state index in [0.717, 1.165) is 152 Å². The normalized spacial score (nSPS) is 21.8. The minimum atomic E-state index is -1.35. The highest BCUT2D eigenvalue weighted by Gasteiger charge is 2.54. The lowest BCUT2D eigenvalue weighted by Gasteiger charge is -2.43. The van der Waals surface area contributed by atoms with Crippen molar-refractivity contribution in [2.24, 2.45) is 42.9 Å². The van der Waals surface area contributed by atoms with E-state index >= 15 is 0 Å². The fourth-order valence-electron chi connectivity index (χ4n) is 18.6. The number of ketones is 1. The van der Waals surface area contributed by atoms with Gasteiger partial charge in [0.05, 0.1) is 84.5 Å². The Morgan fingerprint density at radius 3 is 1.38 bits per heavy atom. The first-order chi connectivity index (χ1) is 58.0. The zero-order valence-corrected chi connectivity index (χ0v) is 78.6. The first-order valence-electron chi connectivity index (χ1n) is 43.2. The predicted molar refractivity (Wildman–Crippen MR) is 490 cm³/mol. The molecule has 5 aliphatic heterocycles. The number of anilines is 2. The first kappa shape index (κ1) is 94.9. The molecule has 5 fully saturated rings. The lowest BCUT2D eigenvalue weighted by molar-refractivity contribution is 0.00688. The fourth-order valence-corrected chi connectivity index (χ4v) is 21.3. The van der Waals surface area contributed by atoms with Gasteiger partial charge < -0.3 is 56.3 Å². The molecule has 8 N–H and O–H groups in total. The minimum Gasteiger partial charge on any atom is -0.444 e. The summed E-state index contributed by atoms with van der Waals surface area (Å²) in [5.41, 5.74) is 28.6. The highest BCUT2D eigenvalue weighted by Crippen LogP contribution is 2.55. The van der Waals surface area contributed by atoms with Crippen molar-refractivity contribution in [3.8, 4) is 0 Å². The van der Waals surface area contributed by atoms with Gasteiger partial charge in [-0.2, -0.15) is 4.40 Å². The number of aromatic nitrogens is 8. The fraction of sp³-hybridized carbons (Fsp3) is 0.576. The molecule has 0 unspecified atom stereocenters. The van der Waals surface area contributed by atoms with Crippen molar-refractivity contribution in [1.29, 1.82) is 0 Å². The number of amides is 3. The van der Waals surface area contributed by atoms with Gasteiger partial charge >= 0.3 is 18.3 Å². The highest BCUT2D eigenvalue weighted by molar-refractivity contribution is 7.99. The summed E-state index contributed by atoms with van der Waals surface area (Å²) in [7, 11) is -2.54. The quantitative estimate of drug-likeness (QED) is 0.0965. The molecule has 17 rings (SSSR count). The number of pyridine rings is 6. The summed E-state index contributed by atoms with van der Waals surface area (Å²) >= 11 is 7.65. The van der Waals surface area contributed by atoms with Crippen LogP contribution in [0.25, 0.3) is 0 Å². The number of fused-ring (bicyclic) bond motifs is 5. The van der Waals surface area contributed by atoms with Crippen LogP contribution < -0.4 is 32.1 Å². The minimum absolute atomic E-state index is 0. The number of likely N-dealkylation sites (tertiary alicyclic amines) is 3. The molecule has 5 saturated heterocycles. The summed E-state index contributed by atoms with van der Waals surface area (Å²) in [6.07, 6.45) is 27.0. The largest absolute Gasteiger partial charge is 0.444 e. The Hall–Kier alpha value is -8.20. The van der Waals surface area contributed by atoms with Gasteiger partial charge in [0.2, 0.25) is 0 Å². The lowest BCUT2D eigenvalue weighted by atomic mass is 9.73. The molecule has 7 aromatic rings. The zero-order chi connectivity index (χ0) is 88.5. The molecule has 27 nitrogen and oxygen atoms in total. The van der Waals surface area contributed by atoms with Crippen LogP contribution in [0.1, 0.15) is 247 Å². The molecule has 12 heterocycles.